The second-order valence-electron chi connectivity index (χ2n) is 7.75. The van der Waals surface area contributed by atoms with Crippen LogP contribution in [0.5, 0.6) is 0 Å². The van der Waals surface area contributed by atoms with Gasteiger partial charge in [0.15, 0.2) is 0 Å². The first-order valence-corrected chi connectivity index (χ1v) is 8.68. The normalized spacial score (nSPS) is 33.2. The summed E-state index contributed by atoms with van der Waals surface area (Å²) in [5.41, 5.74) is 3.75. The van der Waals surface area contributed by atoms with Gasteiger partial charge in [-0.15, -0.1) is 0 Å². The van der Waals surface area contributed by atoms with Gasteiger partial charge in [-0.05, 0) is 58.2 Å². The smallest absolute Gasteiger partial charge is 0.400 e. The molecule has 2 fully saturated rings. The van der Waals surface area contributed by atoms with Crippen LogP contribution in [0.4, 0.5) is 0 Å². The molecular formula is C19H28BNO3. The van der Waals surface area contributed by atoms with E-state index in [0.29, 0.717) is 13.2 Å². The number of morpholine rings is 1. The molecule has 4 nitrogen and oxygen atoms in total. The summed E-state index contributed by atoms with van der Waals surface area (Å²) in [5.74, 6) is 0. The third kappa shape index (κ3) is 3.13. The van der Waals surface area contributed by atoms with E-state index in [-0.39, 0.29) is 18.3 Å². The standard InChI is InChI=1S/C19H28BNO3/c1-14-8-7-9-16(20-23-18(3,4)19(5,6)24-20)17-13-22-11-10-21(17)15(2)12-14/h7-8,12H,2,9-11,13H2,1,3-6H3/b8-7-,14-12-,17-16+. The first-order chi connectivity index (χ1) is 11.2. The predicted octanol–water partition coefficient (Wildman–Crippen LogP) is 3.62. The molecule has 0 bridgehead atoms. The molecule has 0 N–H and O–H groups in total. The molecule has 0 unspecified atom stereocenters. The van der Waals surface area contributed by atoms with E-state index < -0.39 is 0 Å². The van der Waals surface area contributed by atoms with Crippen molar-refractivity contribution in [2.45, 2.75) is 52.2 Å². The fourth-order valence-corrected chi connectivity index (χ4v) is 3.22. The molecule has 3 rings (SSSR count). The van der Waals surface area contributed by atoms with Crippen LogP contribution < -0.4 is 0 Å². The van der Waals surface area contributed by atoms with Gasteiger partial charge in [0.1, 0.15) is 0 Å². The molecule has 0 atom stereocenters. The Morgan fingerprint density at radius 3 is 2.50 bits per heavy atom. The Labute approximate surface area is 146 Å². The van der Waals surface area contributed by atoms with Crippen molar-refractivity contribution < 1.29 is 14.0 Å². The Hall–Kier alpha value is -1.30. The molecule has 0 aromatic heterocycles. The van der Waals surface area contributed by atoms with Crippen molar-refractivity contribution in [2.24, 2.45) is 0 Å². The van der Waals surface area contributed by atoms with Crippen molar-refractivity contribution in [1.29, 1.82) is 0 Å². The Bertz CT molecular complexity index is 615. The van der Waals surface area contributed by atoms with Crippen LogP contribution in [0, 0.1) is 0 Å². The van der Waals surface area contributed by atoms with Gasteiger partial charge in [-0.25, -0.2) is 0 Å². The van der Waals surface area contributed by atoms with Crippen LogP contribution in [0.3, 0.4) is 0 Å². The molecule has 130 valence electrons. The molecule has 0 aliphatic carbocycles. The van der Waals surface area contributed by atoms with Crippen LogP contribution in [0.15, 0.2) is 47.2 Å². The lowest BCUT2D eigenvalue weighted by atomic mass is 9.74. The minimum atomic E-state index is -0.356. The van der Waals surface area contributed by atoms with E-state index in [0.717, 1.165) is 29.8 Å². The summed E-state index contributed by atoms with van der Waals surface area (Å²) in [6.07, 6.45) is 7.21. The van der Waals surface area contributed by atoms with Gasteiger partial charge >= 0.3 is 7.12 Å². The molecule has 2 saturated heterocycles. The molecular weight excluding hydrogens is 301 g/mol. The second kappa shape index (κ2) is 6.21. The van der Waals surface area contributed by atoms with Crippen LogP contribution >= 0.6 is 0 Å². The molecule has 3 aliphatic rings. The van der Waals surface area contributed by atoms with E-state index in [1.54, 1.807) is 0 Å². The maximum Gasteiger partial charge on any atom is 0.492 e. The fourth-order valence-electron chi connectivity index (χ4n) is 3.22. The third-order valence-electron chi connectivity index (χ3n) is 5.39. The van der Waals surface area contributed by atoms with Gasteiger partial charge in [-0.1, -0.05) is 18.7 Å². The number of nitrogens with zero attached hydrogens (tertiary/aromatic N) is 1. The topological polar surface area (TPSA) is 30.9 Å². The van der Waals surface area contributed by atoms with Gasteiger partial charge in [-0.3, -0.25) is 0 Å². The van der Waals surface area contributed by atoms with Crippen molar-refractivity contribution in [3.63, 3.8) is 0 Å². The predicted molar refractivity (Wildman–Crippen MR) is 97.3 cm³/mol. The molecule has 0 aromatic carbocycles. The number of fused-ring (bicyclic) bond motifs is 1. The van der Waals surface area contributed by atoms with E-state index in [9.17, 15) is 0 Å². The highest BCUT2D eigenvalue weighted by Gasteiger charge is 2.53. The lowest BCUT2D eigenvalue weighted by molar-refractivity contribution is 0.00578. The Morgan fingerprint density at radius 2 is 1.83 bits per heavy atom. The van der Waals surface area contributed by atoms with Gasteiger partial charge < -0.3 is 18.9 Å². The quantitative estimate of drug-likeness (QED) is 0.688. The van der Waals surface area contributed by atoms with E-state index in [1.165, 1.54) is 5.57 Å². The summed E-state index contributed by atoms with van der Waals surface area (Å²) in [6, 6.07) is 0. The molecule has 0 saturated carbocycles. The zero-order valence-corrected chi connectivity index (χ0v) is 15.5. The van der Waals surface area contributed by atoms with Crippen LogP contribution in [0.1, 0.15) is 41.0 Å². The van der Waals surface area contributed by atoms with Crippen molar-refractivity contribution in [1.82, 2.24) is 4.90 Å². The van der Waals surface area contributed by atoms with E-state index in [4.69, 9.17) is 14.0 Å². The highest BCUT2D eigenvalue weighted by molar-refractivity contribution is 6.54. The van der Waals surface area contributed by atoms with E-state index in [1.807, 2.05) is 0 Å². The van der Waals surface area contributed by atoms with E-state index in [2.05, 4.69) is 64.3 Å². The number of allylic oxidation sites excluding steroid dienone is 5. The molecule has 0 aromatic rings. The summed E-state index contributed by atoms with van der Waals surface area (Å²) in [5, 5.41) is 0. The Morgan fingerprint density at radius 1 is 1.17 bits per heavy atom. The van der Waals surface area contributed by atoms with Gasteiger partial charge in [0.2, 0.25) is 0 Å². The number of hydrogen-bond acceptors (Lipinski definition) is 4. The maximum absolute atomic E-state index is 6.31. The van der Waals surface area contributed by atoms with Crippen LogP contribution in [0.25, 0.3) is 0 Å². The van der Waals surface area contributed by atoms with Gasteiger partial charge in [0.25, 0.3) is 0 Å². The highest BCUT2D eigenvalue weighted by Crippen LogP contribution is 2.40. The monoisotopic (exact) mass is 329 g/mol. The molecule has 0 spiro atoms. The third-order valence-corrected chi connectivity index (χ3v) is 5.39. The first-order valence-electron chi connectivity index (χ1n) is 8.68. The van der Waals surface area contributed by atoms with Crippen LogP contribution in [-0.2, 0) is 14.0 Å². The zero-order valence-electron chi connectivity index (χ0n) is 15.5. The second-order valence-corrected chi connectivity index (χ2v) is 7.75. The SMILES string of the molecule is C=C1/C=C(C)\C=C/C/C(B2OC(C)(C)C(C)(C)O2)=C2/COCCN12. The minimum absolute atomic E-state index is 0.348. The lowest BCUT2D eigenvalue weighted by Gasteiger charge is -2.34. The summed E-state index contributed by atoms with van der Waals surface area (Å²) >= 11 is 0. The average molecular weight is 329 g/mol. The van der Waals surface area contributed by atoms with E-state index >= 15 is 0 Å². The zero-order chi connectivity index (χ0) is 17.5. The van der Waals surface area contributed by atoms with Crippen molar-refractivity contribution in [2.75, 3.05) is 19.8 Å². The molecule has 3 heterocycles. The van der Waals surface area contributed by atoms with Gasteiger partial charge in [0.05, 0.1) is 24.4 Å². The van der Waals surface area contributed by atoms with Crippen LogP contribution in [-0.4, -0.2) is 43.0 Å². The van der Waals surface area contributed by atoms with Crippen molar-refractivity contribution >= 4 is 7.12 Å². The van der Waals surface area contributed by atoms with Crippen molar-refractivity contribution in [3.8, 4) is 0 Å². The number of hydrogen-bond donors (Lipinski definition) is 0. The summed E-state index contributed by atoms with van der Waals surface area (Å²) in [6.45, 7) is 16.8. The lowest BCUT2D eigenvalue weighted by Crippen LogP contribution is -2.41. The van der Waals surface area contributed by atoms with Crippen LogP contribution in [0.2, 0.25) is 0 Å². The fraction of sp³-hybridized carbons (Fsp3) is 0.579. The molecule has 3 aliphatic heterocycles. The Kier molecular flexibility index (Phi) is 4.54. The van der Waals surface area contributed by atoms with Gasteiger partial charge in [-0.2, -0.15) is 0 Å². The summed E-state index contributed by atoms with van der Waals surface area (Å²) < 4.78 is 18.4. The maximum atomic E-state index is 6.31. The first kappa shape index (κ1) is 17.5. The van der Waals surface area contributed by atoms with Gasteiger partial charge in [0, 0.05) is 17.9 Å². The average Bonchev–Trinajstić information content (AvgIpc) is 2.74. The minimum Gasteiger partial charge on any atom is -0.400 e. The number of ether oxygens (including phenoxy) is 1. The molecule has 0 amide bonds. The van der Waals surface area contributed by atoms with Crippen molar-refractivity contribution in [3.05, 3.63) is 47.2 Å². The number of rotatable bonds is 1. The molecule has 0 radical (unpaired) electrons. The molecule has 24 heavy (non-hydrogen) atoms. The summed E-state index contributed by atoms with van der Waals surface area (Å²) in [7, 11) is -0.356. The Balaban J connectivity index is 2.02. The molecule has 5 heteroatoms. The largest absolute Gasteiger partial charge is 0.492 e. The highest BCUT2D eigenvalue weighted by atomic mass is 16.7. The summed E-state index contributed by atoms with van der Waals surface area (Å²) in [4.78, 5) is 2.25.